The SMILES string of the molecule is CCc1cccc(NC(=O)CNC(=O)C2CCCCN2)c1.Cl. The third-order valence-electron chi connectivity index (χ3n) is 3.67. The summed E-state index contributed by atoms with van der Waals surface area (Å²) in [4.78, 5) is 23.8. The van der Waals surface area contributed by atoms with Crippen LogP contribution in [0, 0.1) is 0 Å². The lowest BCUT2D eigenvalue weighted by Gasteiger charge is -2.22. The van der Waals surface area contributed by atoms with Gasteiger partial charge >= 0.3 is 0 Å². The maximum atomic E-state index is 11.9. The van der Waals surface area contributed by atoms with Crippen molar-refractivity contribution in [2.75, 3.05) is 18.4 Å². The molecule has 0 spiro atoms. The van der Waals surface area contributed by atoms with Crippen molar-refractivity contribution in [3.63, 3.8) is 0 Å². The Morgan fingerprint density at radius 1 is 1.32 bits per heavy atom. The minimum absolute atomic E-state index is 0. The molecule has 22 heavy (non-hydrogen) atoms. The summed E-state index contributed by atoms with van der Waals surface area (Å²) in [6, 6.07) is 7.57. The highest BCUT2D eigenvalue weighted by Gasteiger charge is 2.20. The Kier molecular flexibility index (Phi) is 7.91. The van der Waals surface area contributed by atoms with Gasteiger partial charge in [0.05, 0.1) is 12.6 Å². The summed E-state index contributed by atoms with van der Waals surface area (Å²) in [5.74, 6) is -0.292. The van der Waals surface area contributed by atoms with E-state index in [1.165, 1.54) is 5.56 Å². The molecule has 6 heteroatoms. The van der Waals surface area contributed by atoms with Gasteiger partial charge < -0.3 is 16.0 Å². The van der Waals surface area contributed by atoms with Crippen LogP contribution < -0.4 is 16.0 Å². The van der Waals surface area contributed by atoms with Crippen LogP contribution in [0.5, 0.6) is 0 Å². The topological polar surface area (TPSA) is 70.2 Å². The molecule has 1 fully saturated rings. The van der Waals surface area contributed by atoms with Crippen molar-refractivity contribution in [2.24, 2.45) is 0 Å². The number of rotatable bonds is 5. The van der Waals surface area contributed by atoms with Crippen LogP contribution in [0.3, 0.4) is 0 Å². The second-order valence-electron chi connectivity index (χ2n) is 5.32. The van der Waals surface area contributed by atoms with E-state index >= 15 is 0 Å². The first-order valence-electron chi connectivity index (χ1n) is 7.59. The van der Waals surface area contributed by atoms with Crippen molar-refractivity contribution in [1.29, 1.82) is 0 Å². The highest BCUT2D eigenvalue weighted by Crippen LogP contribution is 2.11. The normalized spacial score (nSPS) is 17.2. The first kappa shape index (κ1) is 18.5. The summed E-state index contributed by atoms with van der Waals surface area (Å²) >= 11 is 0. The minimum Gasteiger partial charge on any atom is -0.346 e. The molecular formula is C16H24ClN3O2. The molecule has 5 nitrogen and oxygen atoms in total. The van der Waals surface area contributed by atoms with Gasteiger partial charge in [-0.3, -0.25) is 9.59 Å². The molecule has 1 saturated heterocycles. The Bertz CT molecular complexity index is 502. The number of carbonyl (C=O) groups excluding carboxylic acids is 2. The van der Waals surface area contributed by atoms with Crippen molar-refractivity contribution in [1.82, 2.24) is 10.6 Å². The van der Waals surface area contributed by atoms with Gasteiger partial charge in [0, 0.05) is 5.69 Å². The zero-order valence-corrected chi connectivity index (χ0v) is 13.7. The van der Waals surface area contributed by atoms with Gasteiger partial charge in [0.25, 0.3) is 0 Å². The smallest absolute Gasteiger partial charge is 0.243 e. The molecule has 122 valence electrons. The Balaban J connectivity index is 0.00000242. The van der Waals surface area contributed by atoms with Crippen LogP contribution in [0.1, 0.15) is 31.7 Å². The molecular weight excluding hydrogens is 302 g/mol. The summed E-state index contributed by atoms with van der Waals surface area (Å²) in [5, 5.41) is 8.65. The molecule has 1 aliphatic heterocycles. The highest BCUT2D eigenvalue weighted by molar-refractivity contribution is 5.95. The molecule has 3 N–H and O–H groups in total. The summed E-state index contributed by atoms with van der Waals surface area (Å²) in [7, 11) is 0. The fourth-order valence-electron chi connectivity index (χ4n) is 2.44. The quantitative estimate of drug-likeness (QED) is 0.774. The number of hydrogen-bond donors (Lipinski definition) is 3. The first-order chi connectivity index (χ1) is 10.2. The van der Waals surface area contributed by atoms with Crippen LogP contribution in [0.25, 0.3) is 0 Å². The number of hydrogen-bond acceptors (Lipinski definition) is 3. The fraction of sp³-hybridized carbons (Fsp3) is 0.500. The predicted molar refractivity (Wildman–Crippen MR) is 90.3 cm³/mol. The monoisotopic (exact) mass is 325 g/mol. The third kappa shape index (κ3) is 5.66. The largest absolute Gasteiger partial charge is 0.346 e. The average Bonchev–Trinajstić information content (AvgIpc) is 2.53. The second-order valence-corrected chi connectivity index (χ2v) is 5.32. The maximum Gasteiger partial charge on any atom is 0.243 e. The van der Waals surface area contributed by atoms with Gasteiger partial charge in [-0.15, -0.1) is 12.4 Å². The van der Waals surface area contributed by atoms with Gasteiger partial charge in [-0.25, -0.2) is 0 Å². The number of amides is 2. The second kappa shape index (κ2) is 9.43. The third-order valence-corrected chi connectivity index (χ3v) is 3.67. The van der Waals surface area contributed by atoms with Crippen LogP contribution in [-0.4, -0.2) is 30.9 Å². The lowest BCUT2D eigenvalue weighted by atomic mass is 10.0. The summed E-state index contributed by atoms with van der Waals surface area (Å²) in [6.45, 7) is 2.94. The lowest BCUT2D eigenvalue weighted by molar-refractivity contribution is -0.126. The van der Waals surface area contributed by atoms with Crippen molar-refractivity contribution in [3.8, 4) is 0 Å². The number of benzene rings is 1. The molecule has 2 rings (SSSR count). The number of nitrogens with one attached hydrogen (secondary N) is 3. The number of piperidine rings is 1. The van der Waals surface area contributed by atoms with E-state index in [-0.39, 0.29) is 36.8 Å². The number of halogens is 1. The molecule has 1 aromatic rings. The first-order valence-corrected chi connectivity index (χ1v) is 7.59. The lowest BCUT2D eigenvalue weighted by Crippen LogP contribution is -2.48. The Labute approximate surface area is 137 Å². The zero-order chi connectivity index (χ0) is 15.1. The van der Waals surface area contributed by atoms with Crippen LogP contribution in [0.2, 0.25) is 0 Å². The average molecular weight is 326 g/mol. The van der Waals surface area contributed by atoms with E-state index < -0.39 is 0 Å². The van der Waals surface area contributed by atoms with Gasteiger partial charge in [-0.1, -0.05) is 25.5 Å². The minimum atomic E-state index is -0.201. The molecule has 1 aromatic carbocycles. The molecule has 2 amide bonds. The Morgan fingerprint density at radius 3 is 2.82 bits per heavy atom. The van der Waals surface area contributed by atoms with E-state index in [9.17, 15) is 9.59 Å². The summed E-state index contributed by atoms with van der Waals surface area (Å²) in [5.41, 5.74) is 1.94. The van der Waals surface area contributed by atoms with Gasteiger partial charge in [-0.05, 0) is 43.5 Å². The van der Waals surface area contributed by atoms with Crippen LogP contribution in [0.15, 0.2) is 24.3 Å². The maximum absolute atomic E-state index is 11.9. The number of anilines is 1. The Morgan fingerprint density at radius 2 is 2.14 bits per heavy atom. The van der Waals surface area contributed by atoms with Gasteiger partial charge in [-0.2, -0.15) is 0 Å². The molecule has 0 aromatic heterocycles. The van der Waals surface area contributed by atoms with E-state index in [0.29, 0.717) is 0 Å². The van der Waals surface area contributed by atoms with E-state index in [0.717, 1.165) is 37.9 Å². The number of carbonyl (C=O) groups is 2. The molecule has 1 atom stereocenters. The highest BCUT2D eigenvalue weighted by atomic mass is 35.5. The zero-order valence-electron chi connectivity index (χ0n) is 12.9. The van der Waals surface area contributed by atoms with Crippen LogP contribution in [-0.2, 0) is 16.0 Å². The van der Waals surface area contributed by atoms with E-state index in [1.807, 2.05) is 24.3 Å². The van der Waals surface area contributed by atoms with Crippen molar-refractivity contribution >= 4 is 29.9 Å². The van der Waals surface area contributed by atoms with Crippen molar-refractivity contribution in [3.05, 3.63) is 29.8 Å². The van der Waals surface area contributed by atoms with E-state index in [2.05, 4.69) is 22.9 Å². The summed E-state index contributed by atoms with van der Waals surface area (Å²) in [6.07, 6.45) is 3.93. The summed E-state index contributed by atoms with van der Waals surface area (Å²) < 4.78 is 0. The molecule has 1 unspecified atom stereocenters. The number of aryl methyl sites for hydroxylation is 1. The van der Waals surface area contributed by atoms with Gasteiger partial charge in [0.1, 0.15) is 0 Å². The molecule has 0 aliphatic carbocycles. The molecule has 1 heterocycles. The van der Waals surface area contributed by atoms with Crippen molar-refractivity contribution < 1.29 is 9.59 Å². The predicted octanol–water partition coefficient (Wildman–Crippen LogP) is 1.87. The van der Waals surface area contributed by atoms with Crippen LogP contribution in [0.4, 0.5) is 5.69 Å². The molecule has 0 saturated carbocycles. The van der Waals surface area contributed by atoms with E-state index in [1.54, 1.807) is 0 Å². The standard InChI is InChI=1S/C16H23N3O2.ClH/c1-2-12-6-5-7-13(10-12)19-15(20)11-18-16(21)14-8-3-4-9-17-14;/h5-7,10,14,17H,2-4,8-9,11H2,1H3,(H,18,21)(H,19,20);1H. The van der Waals surface area contributed by atoms with Gasteiger partial charge in [0.15, 0.2) is 0 Å². The van der Waals surface area contributed by atoms with Crippen LogP contribution >= 0.6 is 12.4 Å². The van der Waals surface area contributed by atoms with Crippen molar-refractivity contribution in [2.45, 2.75) is 38.6 Å². The van der Waals surface area contributed by atoms with E-state index in [4.69, 9.17) is 0 Å². The molecule has 1 aliphatic rings. The fourth-order valence-corrected chi connectivity index (χ4v) is 2.44. The van der Waals surface area contributed by atoms with Gasteiger partial charge in [0.2, 0.25) is 11.8 Å². The molecule has 0 bridgehead atoms. The molecule has 0 radical (unpaired) electrons. The Hall–Kier alpha value is -1.59.